The Morgan fingerprint density at radius 2 is 2.07 bits per heavy atom. The minimum absolute atomic E-state index is 0.00778. The fraction of sp³-hybridized carbons (Fsp3) is 0.469. The van der Waals surface area contributed by atoms with Crippen molar-refractivity contribution in [2.75, 3.05) is 50.4 Å². The van der Waals surface area contributed by atoms with Crippen molar-refractivity contribution in [3.8, 4) is 23.2 Å². The van der Waals surface area contributed by atoms with E-state index in [0.717, 1.165) is 12.8 Å². The molecular weight excluding hydrogens is 623 g/mol. The maximum absolute atomic E-state index is 17.0. The van der Waals surface area contributed by atoms with E-state index in [9.17, 15) is 14.0 Å². The Balaban J connectivity index is 1.35. The van der Waals surface area contributed by atoms with Gasteiger partial charge >= 0.3 is 6.01 Å². The minimum atomic E-state index is -2.70. The van der Waals surface area contributed by atoms with Crippen LogP contribution in [0.1, 0.15) is 35.9 Å². The number of ether oxygens (including phenoxy) is 1. The van der Waals surface area contributed by atoms with Crippen LogP contribution in [0.4, 0.5) is 24.0 Å². The van der Waals surface area contributed by atoms with Crippen molar-refractivity contribution in [1.82, 2.24) is 20.2 Å². The number of thiophene rings is 1. The second kappa shape index (κ2) is 11.5. The van der Waals surface area contributed by atoms with E-state index in [2.05, 4.69) is 16.4 Å². The lowest BCUT2D eigenvalue weighted by atomic mass is 9.73. The average Bonchev–Trinajstić information content (AvgIpc) is 3.55. The van der Waals surface area contributed by atoms with Crippen molar-refractivity contribution in [3.05, 3.63) is 40.7 Å². The smallest absolute Gasteiger partial charge is 0.319 e. The molecule has 2 aromatic heterocycles. The Kier molecular flexibility index (Phi) is 6.83. The van der Waals surface area contributed by atoms with Gasteiger partial charge in [0.2, 0.25) is 6.43 Å². The number of nitriles is 1. The van der Waals surface area contributed by atoms with Gasteiger partial charge in [-0.3, -0.25) is 0 Å². The van der Waals surface area contributed by atoms with Gasteiger partial charge in [0.15, 0.2) is 5.82 Å². The van der Waals surface area contributed by atoms with Crippen LogP contribution in [0, 0.1) is 28.5 Å². The molecule has 0 aliphatic carbocycles. The highest BCUT2D eigenvalue weighted by atomic mass is 35.5. The van der Waals surface area contributed by atoms with E-state index in [4.69, 9.17) is 31.2 Å². The largest absolute Gasteiger partial charge is 0.463 e. The van der Waals surface area contributed by atoms with E-state index in [1.165, 1.54) is 16.2 Å². The Morgan fingerprint density at radius 3 is 2.78 bits per heavy atom. The number of alkyl halides is 2. The number of benzene rings is 2. The first-order valence-electron chi connectivity index (χ1n) is 16.4. The minimum Gasteiger partial charge on any atom is -0.463 e. The normalized spacial score (nSPS) is 26.6. The molecule has 0 radical (unpaired) electrons. The zero-order valence-corrected chi connectivity index (χ0v) is 26.0. The number of nitrogen functional groups attached to an aromatic ring is 1. The molecule has 0 unspecified atom stereocenters. The van der Waals surface area contributed by atoms with Crippen molar-refractivity contribution in [3.63, 3.8) is 0 Å². The van der Waals surface area contributed by atoms with Gasteiger partial charge in [-0.2, -0.15) is 15.2 Å². The van der Waals surface area contributed by atoms with Crippen LogP contribution in [0.15, 0.2) is 24.3 Å². The van der Waals surface area contributed by atoms with Gasteiger partial charge in [0.25, 0.3) is 0 Å². The summed E-state index contributed by atoms with van der Waals surface area (Å²) in [5, 5.41) is 14.7. The lowest BCUT2D eigenvalue weighted by molar-refractivity contribution is -0.0679. The van der Waals surface area contributed by atoms with Gasteiger partial charge in [-0.05, 0) is 50.5 Å². The molecule has 0 amide bonds. The number of rotatable bonds is 6. The van der Waals surface area contributed by atoms with Crippen LogP contribution >= 0.6 is 22.9 Å². The number of aromatic nitrogens is 2. The highest BCUT2D eigenvalue weighted by Gasteiger charge is 2.44. The van der Waals surface area contributed by atoms with E-state index in [0.29, 0.717) is 44.9 Å². The second-order valence-corrected chi connectivity index (χ2v) is 14.0. The van der Waals surface area contributed by atoms with Crippen molar-refractivity contribution in [2.24, 2.45) is 11.3 Å². The molecule has 45 heavy (non-hydrogen) atoms. The summed E-state index contributed by atoms with van der Waals surface area (Å²) in [5.41, 5.74) is 5.43. The van der Waals surface area contributed by atoms with E-state index in [-0.39, 0.29) is 65.9 Å². The van der Waals surface area contributed by atoms with Crippen LogP contribution in [-0.4, -0.2) is 73.1 Å². The summed E-state index contributed by atoms with van der Waals surface area (Å²) in [4.78, 5) is 12.4. The number of likely N-dealkylation sites (tertiary alicyclic amines) is 1. The van der Waals surface area contributed by atoms with Crippen LogP contribution in [-0.2, 0) is 0 Å². The molecule has 2 bridgehead atoms. The van der Waals surface area contributed by atoms with Gasteiger partial charge in [-0.15, -0.1) is 11.3 Å². The molecule has 3 saturated heterocycles. The molecule has 8 nitrogen and oxygen atoms in total. The van der Waals surface area contributed by atoms with E-state index in [1.807, 2.05) is 4.90 Å². The number of anilines is 2. The summed E-state index contributed by atoms with van der Waals surface area (Å²) in [7, 11) is 0. The zero-order valence-electron chi connectivity index (χ0n) is 27.4. The fourth-order valence-corrected chi connectivity index (χ4v) is 8.50. The number of hydrogen-bond acceptors (Lipinski definition) is 9. The van der Waals surface area contributed by atoms with Crippen molar-refractivity contribution in [2.45, 2.75) is 44.7 Å². The highest BCUT2D eigenvalue weighted by molar-refractivity contribution is 7.23. The highest BCUT2D eigenvalue weighted by Crippen LogP contribution is 2.45. The first kappa shape index (κ1) is 26.8. The summed E-state index contributed by atoms with van der Waals surface area (Å²) < 4.78 is 75.9. The molecular formula is C32H33ClF3N7OS. The molecule has 7 rings (SSSR count). The Labute approximate surface area is 272 Å². The summed E-state index contributed by atoms with van der Waals surface area (Å²) >= 11 is 8.07. The molecule has 0 saturated carbocycles. The molecule has 13 heteroatoms. The van der Waals surface area contributed by atoms with Crippen molar-refractivity contribution < 1.29 is 22.0 Å². The number of nitrogens with one attached hydrogen (secondary N) is 1. The van der Waals surface area contributed by atoms with Crippen LogP contribution < -0.4 is 20.7 Å². The molecule has 3 fully saturated rings. The van der Waals surface area contributed by atoms with Gasteiger partial charge in [0.05, 0.1) is 17.2 Å². The number of nitrogens with zero attached hydrogens (tertiary/aromatic N) is 5. The van der Waals surface area contributed by atoms with Crippen LogP contribution in [0.5, 0.6) is 6.01 Å². The zero-order chi connectivity index (χ0) is 34.1. The van der Waals surface area contributed by atoms with Crippen LogP contribution in [0.2, 0.25) is 5.02 Å². The number of fused-ring (bicyclic) bond motifs is 4. The molecule has 236 valence electrons. The van der Waals surface area contributed by atoms with Gasteiger partial charge in [0, 0.05) is 68.2 Å². The van der Waals surface area contributed by atoms with Gasteiger partial charge in [-0.25, -0.2) is 13.2 Å². The molecule has 4 atom stereocenters. The SMILES string of the molecule is [2H]C([2H])([2H])N1CC[C@H](C(F)F)[C@](C)(COc2nc(N3C[C@H]4CC[C@@H](C3)N4)c3cc(Cl)c(-c4cccc5sc(N)c(C#N)c45)c(F)c3n2)C1. The third kappa shape index (κ3) is 5.23. The molecule has 4 aromatic rings. The maximum Gasteiger partial charge on any atom is 0.319 e. The summed E-state index contributed by atoms with van der Waals surface area (Å²) in [6.45, 7) is -0.134. The van der Waals surface area contributed by atoms with Gasteiger partial charge in [-0.1, -0.05) is 30.7 Å². The summed E-state index contributed by atoms with van der Waals surface area (Å²) in [6, 6.07) is 9.14. The lowest BCUT2D eigenvalue weighted by Gasteiger charge is -2.44. The quantitative estimate of drug-likeness (QED) is 0.249. The first-order valence-corrected chi connectivity index (χ1v) is 16.0. The lowest BCUT2D eigenvalue weighted by Crippen LogP contribution is -2.51. The molecule has 5 heterocycles. The van der Waals surface area contributed by atoms with Crippen molar-refractivity contribution in [1.29, 1.82) is 5.26 Å². The van der Waals surface area contributed by atoms with E-state index < -0.39 is 30.6 Å². The van der Waals surface area contributed by atoms with Crippen LogP contribution in [0.3, 0.4) is 0 Å². The third-order valence-corrected chi connectivity index (χ3v) is 10.8. The number of halogens is 4. The predicted octanol–water partition coefficient (Wildman–Crippen LogP) is 6.30. The summed E-state index contributed by atoms with van der Waals surface area (Å²) in [5.74, 6) is -1.48. The van der Waals surface area contributed by atoms with Crippen molar-refractivity contribution >= 4 is 54.7 Å². The topological polar surface area (TPSA) is 103 Å². The number of piperidine rings is 1. The maximum atomic E-state index is 17.0. The number of piperazine rings is 1. The Bertz CT molecular complexity index is 1940. The van der Waals surface area contributed by atoms with E-state index in [1.54, 1.807) is 31.2 Å². The van der Waals surface area contributed by atoms with E-state index >= 15 is 4.39 Å². The standard InChI is InChI=1S/C32H33ClF3N7OS/c1-32(14-42(2)9-8-21(32)28(35)36)15-44-31-40-27-19(30(41-31)43-12-16-6-7-17(13-43)39-16)10-22(33)25(26(27)34)18-4-3-5-23-24(18)20(11-37)29(38)45-23/h3-5,10,16-17,21,28,39H,6-9,12-15,38H2,1-2H3/t16-,17+,21-,32+/m1/s1/i2D3. The molecule has 0 spiro atoms. The average molecular weight is 659 g/mol. The third-order valence-electron chi connectivity index (χ3n) is 9.47. The Morgan fingerprint density at radius 1 is 1.29 bits per heavy atom. The van der Waals surface area contributed by atoms with Crippen LogP contribution in [0.25, 0.3) is 32.1 Å². The van der Waals surface area contributed by atoms with Gasteiger partial charge < -0.3 is 25.6 Å². The molecule has 2 aromatic carbocycles. The number of nitrogens with two attached hydrogens (primary N) is 1. The molecule has 3 N–H and O–H groups in total. The fourth-order valence-electron chi connectivity index (χ4n) is 7.26. The first-order chi connectivity index (χ1) is 22.8. The molecule has 3 aliphatic rings. The number of hydrogen-bond donors (Lipinski definition) is 2. The monoisotopic (exact) mass is 658 g/mol. The summed E-state index contributed by atoms with van der Waals surface area (Å²) in [6.07, 6.45) is -0.760. The molecule has 3 aliphatic heterocycles. The second-order valence-electron chi connectivity index (χ2n) is 12.5. The predicted molar refractivity (Wildman–Crippen MR) is 172 cm³/mol. The Hall–Kier alpha value is -3.37. The van der Waals surface area contributed by atoms with Gasteiger partial charge in [0.1, 0.15) is 22.4 Å².